The van der Waals surface area contributed by atoms with E-state index in [4.69, 9.17) is 19.9 Å². The Kier molecular flexibility index (Phi) is 6.21. The first-order chi connectivity index (χ1) is 10.6. The van der Waals surface area contributed by atoms with E-state index in [9.17, 15) is 0 Å². The maximum atomic E-state index is 6.13. The Labute approximate surface area is 131 Å². The summed E-state index contributed by atoms with van der Waals surface area (Å²) in [7, 11) is 1.65. The predicted molar refractivity (Wildman–Crippen MR) is 85.1 cm³/mol. The lowest BCUT2D eigenvalue weighted by Gasteiger charge is -2.17. The lowest BCUT2D eigenvalue weighted by atomic mass is 10.2. The molecule has 1 saturated heterocycles. The number of hydrogen-bond acceptors (Lipinski definition) is 7. The fourth-order valence-electron chi connectivity index (χ4n) is 2.15. The molecule has 2 heterocycles. The van der Waals surface area contributed by atoms with Crippen LogP contribution in [0.5, 0.6) is 5.88 Å². The number of nitrogens with zero attached hydrogens (tertiary/aromatic N) is 2. The van der Waals surface area contributed by atoms with Gasteiger partial charge in [-0.25, -0.2) is 4.98 Å². The van der Waals surface area contributed by atoms with Gasteiger partial charge >= 0.3 is 0 Å². The predicted octanol–water partition coefficient (Wildman–Crippen LogP) is 2.00. The summed E-state index contributed by atoms with van der Waals surface area (Å²) in [5, 5.41) is 3.17. The lowest BCUT2D eigenvalue weighted by molar-refractivity contribution is 0.104. The number of anilines is 2. The average molecular weight is 310 g/mol. The molecule has 0 saturated carbocycles. The zero-order chi connectivity index (χ0) is 15.9. The number of nitrogen functional groups attached to an aromatic ring is 1. The van der Waals surface area contributed by atoms with Crippen LogP contribution < -0.4 is 15.8 Å². The van der Waals surface area contributed by atoms with Gasteiger partial charge in [0.2, 0.25) is 5.88 Å². The quantitative estimate of drug-likeness (QED) is 0.709. The van der Waals surface area contributed by atoms with Crippen LogP contribution in [0.3, 0.4) is 0 Å². The molecule has 0 amide bonds. The summed E-state index contributed by atoms with van der Waals surface area (Å²) in [5.41, 5.74) is 6.55. The first kappa shape index (κ1) is 16.8. The third-order valence-electron chi connectivity index (χ3n) is 3.30. The van der Waals surface area contributed by atoms with Crippen LogP contribution in [0.15, 0.2) is 0 Å². The minimum Gasteiger partial charge on any atom is -0.476 e. The van der Waals surface area contributed by atoms with Gasteiger partial charge in [0.05, 0.1) is 13.2 Å². The molecule has 1 aliphatic heterocycles. The zero-order valence-corrected chi connectivity index (χ0v) is 13.6. The van der Waals surface area contributed by atoms with E-state index in [1.54, 1.807) is 7.11 Å². The summed E-state index contributed by atoms with van der Waals surface area (Å²) >= 11 is 0. The molecule has 3 N–H and O–H groups in total. The van der Waals surface area contributed by atoms with Crippen molar-refractivity contribution >= 4 is 11.5 Å². The molecule has 1 aromatic heterocycles. The molecule has 7 heteroatoms. The number of nitrogens with two attached hydrogens (primary N) is 1. The molecule has 1 aromatic rings. The highest BCUT2D eigenvalue weighted by Gasteiger charge is 2.24. The summed E-state index contributed by atoms with van der Waals surface area (Å²) in [5.74, 6) is 2.03. The van der Waals surface area contributed by atoms with Gasteiger partial charge in [-0.05, 0) is 18.8 Å². The van der Waals surface area contributed by atoms with Gasteiger partial charge < -0.3 is 25.3 Å². The molecular formula is C15H26N4O3. The van der Waals surface area contributed by atoms with Gasteiger partial charge in [0.1, 0.15) is 11.8 Å². The van der Waals surface area contributed by atoms with Crippen LogP contribution in [0.25, 0.3) is 0 Å². The third kappa shape index (κ3) is 4.45. The van der Waals surface area contributed by atoms with Crippen LogP contribution in [0, 0.1) is 5.92 Å². The molecule has 0 aromatic carbocycles. The minimum absolute atomic E-state index is 0.0787. The summed E-state index contributed by atoms with van der Waals surface area (Å²) < 4.78 is 16.4. The van der Waals surface area contributed by atoms with Crippen LogP contribution in [0.4, 0.5) is 11.5 Å². The molecule has 1 fully saturated rings. The Balaban J connectivity index is 2.21. The van der Waals surface area contributed by atoms with Gasteiger partial charge in [0.15, 0.2) is 11.6 Å². The molecule has 22 heavy (non-hydrogen) atoms. The van der Waals surface area contributed by atoms with E-state index in [1.807, 2.05) is 0 Å². The highest BCUT2D eigenvalue weighted by molar-refractivity contribution is 5.67. The monoisotopic (exact) mass is 310 g/mol. The summed E-state index contributed by atoms with van der Waals surface area (Å²) in [6.07, 6.45) is 1.86. The second-order valence-corrected chi connectivity index (χ2v) is 5.78. The van der Waals surface area contributed by atoms with Gasteiger partial charge in [0.25, 0.3) is 0 Å². The first-order valence-electron chi connectivity index (χ1n) is 7.76. The Hall–Kier alpha value is -1.60. The molecule has 1 unspecified atom stereocenters. The maximum Gasteiger partial charge on any atom is 0.242 e. The van der Waals surface area contributed by atoms with Crippen LogP contribution in [0.2, 0.25) is 0 Å². The topological polar surface area (TPSA) is 91.5 Å². The van der Waals surface area contributed by atoms with Gasteiger partial charge in [-0.15, -0.1) is 0 Å². The largest absolute Gasteiger partial charge is 0.476 e. The fraction of sp³-hybridized carbons (Fsp3) is 0.733. The van der Waals surface area contributed by atoms with Crippen LogP contribution in [-0.4, -0.2) is 43.4 Å². The van der Waals surface area contributed by atoms with E-state index in [-0.39, 0.29) is 6.10 Å². The number of hydrogen-bond donors (Lipinski definition) is 2. The van der Waals surface area contributed by atoms with E-state index >= 15 is 0 Å². The second kappa shape index (κ2) is 8.14. The smallest absolute Gasteiger partial charge is 0.242 e. The summed E-state index contributed by atoms with van der Waals surface area (Å²) in [6.45, 7) is 6.65. The Morgan fingerprint density at radius 1 is 1.41 bits per heavy atom. The molecule has 0 bridgehead atoms. The Morgan fingerprint density at radius 2 is 2.23 bits per heavy atom. The van der Waals surface area contributed by atoms with E-state index in [2.05, 4.69) is 29.1 Å². The zero-order valence-electron chi connectivity index (χ0n) is 13.6. The van der Waals surface area contributed by atoms with Crippen LogP contribution in [0.1, 0.15) is 38.6 Å². The molecule has 1 aliphatic rings. The number of methoxy groups -OCH3 is 1. The number of aromatic nitrogens is 2. The minimum atomic E-state index is -0.0787. The molecular weight excluding hydrogens is 284 g/mol. The van der Waals surface area contributed by atoms with Crippen molar-refractivity contribution in [3.63, 3.8) is 0 Å². The maximum absolute atomic E-state index is 6.13. The van der Waals surface area contributed by atoms with Crippen molar-refractivity contribution in [1.29, 1.82) is 0 Å². The van der Waals surface area contributed by atoms with E-state index in [0.29, 0.717) is 48.9 Å². The van der Waals surface area contributed by atoms with Crippen molar-refractivity contribution in [3.05, 3.63) is 5.82 Å². The van der Waals surface area contributed by atoms with Gasteiger partial charge in [-0.3, -0.25) is 0 Å². The van der Waals surface area contributed by atoms with E-state index in [1.165, 1.54) is 0 Å². The standard InChI is InChI=1S/C15H26N4O3/c1-10(2)9-22-15-12(16)14(17-6-8-20-3)18-13(19-15)11-5-4-7-21-11/h10-11H,4-9,16H2,1-3H3,(H,17,18,19). The fourth-order valence-corrected chi connectivity index (χ4v) is 2.15. The van der Waals surface area contributed by atoms with Gasteiger partial charge in [-0.2, -0.15) is 4.98 Å². The molecule has 2 rings (SSSR count). The molecule has 0 aliphatic carbocycles. The van der Waals surface area contributed by atoms with Crippen molar-refractivity contribution in [2.75, 3.05) is 44.5 Å². The van der Waals surface area contributed by atoms with Crippen molar-refractivity contribution in [3.8, 4) is 5.88 Å². The highest BCUT2D eigenvalue weighted by atomic mass is 16.5. The van der Waals surface area contributed by atoms with Crippen LogP contribution >= 0.6 is 0 Å². The lowest BCUT2D eigenvalue weighted by Crippen LogP contribution is -2.16. The number of rotatable bonds is 8. The summed E-state index contributed by atoms with van der Waals surface area (Å²) in [4.78, 5) is 8.97. The Morgan fingerprint density at radius 3 is 2.86 bits per heavy atom. The summed E-state index contributed by atoms with van der Waals surface area (Å²) in [6, 6.07) is 0. The highest BCUT2D eigenvalue weighted by Crippen LogP contribution is 2.32. The van der Waals surface area contributed by atoms with E-state index < -0.39 is 0 Å². The average Bonchev–Trinajstić information content (AvgIpc) is 3.02. The first-order valence-corrected chi connectivity index (χ1v) is 7.76. The molecule has 124 valence electrons. The SMILES string of the molecule is COCCNc1nc(C2CCCO2)nc(OCC(C)C)c1N. The van der Waals surface area contributed by atoms with Gasteiger partial charge in [-0.1, -0.05) is 13.8 Å². The van der Waals surface area contributed by atoms with Crippen molar-refractivity contribution < 1.29 is 14.2 Å². The molecule has 0 spiro atoms. The normalized spacial score (nSPS) is 17.9. The number of nitrogens with one attached hydrogen (secondary N) is 1. The van der Waals surface area contributed by atoms with Crippen molar-refractivity contribution in [1.82, 2.24) is 9.97 Å². The molecule has 0 radical (unpaired) electrons. The molecule has 7 nitrogen and oxygen atoms in total. The van der Waals surface area contributed by atoms with Crippen molar-refractivity contribution in [2.24, 2.45) is 5.92 Å². The molecule has 1 atom stereocenters. The van der Waals surface area contributed by atoms with Gasteiger partial charge in [0, 0.05) is 20.3 Å². The van der Waals surface area contributed by atoms with E-state index in [0.717, 1.165) is 19.4 Å². The third-order valence-corrected chi connectivity index (χ3v) is 3.30. The second-order valence-electron chi connectivity index (χ2n) is 5.78. The number of ether oxygens (including phenoxy) is 3. The van der Waals surface area contributed by atoms with Crippen molar-refractivity contribution in [2.45, 2.75) is 32.8 Å². The Bertz CT molecular complexity index is 476. The van der Waals surface area contributed by atoms with Crippen LogP contribution in [-0.2, 0) is 9.47 Å².